The highest BCUT2D eigenvalue weighted by Gasteiger charge is 2.05. The molecule has 80 valence electrons. The lowest BCUT2D eigenvalue weighted by Gasteiger charge is -2.03. The minimum absolute atomic E-state index is 0.864. The van der Waals surface area contributed by atoms with Gasteiger partial charge < -0.3 is 4.74 Å². The average Bonchev–Trinajstić information content (AvgIpc) is 2.45. The minimum Gasteiger partial charge on any atom is -0.492 e. The van der Waals surface area contributed by atoms with Crippen LogP contribution in [0.4, 0.5) is 0 Å². The first kappa shape index (κ1) is 13.0. The van der Waals surface area contributed by atoms with E-state index < -0.39 is 0 Å². The predicted octanol–water partition coefficient (Wildman–Crippen LogP) is 4.92. The molecule has 0 spiro atoms. The third-order valence-electron chi connectivity index (χ3n) is 1.88. The molecule has 4 heteroatoms. The third kappa shape index (κ3) is 4.65. The number of rotatable bonds is 6. The number of hydrogen-bond donors (Lipinski definition) is 0. The van der Waals surface area contributed by atoms with Crippen molar-refractivity contribution >= 4 is 56.5 Å². The van der Waals surface area contributed by atoms with Crippen molar-refractivity contribution in [1.29, 1.82) is 0 Å². The molecule has 0 aromatic carbocycles. The highest BCUT2D eigenvalue weighted by atomic mass is 127. The molecule has 1 aromatic heterocycles. The van der Waals surface area contributed by atoms with Gasteiger partial charge in [-0.2, -0.15) is 0 Å². The second kappa shape index (κ2) is 7.27. The zero-order valence-electron chi connectivity index (χ0n) is 8.19. The maximum absolute atomic E-state index is 5.70. The van der Waals surface area contributed by atoms with E-state index in [1.807, 2.05) is 0 Å². The van der Waals surface area contributed by atoms with Crippen LogP contribution in [0.25, 0.3) is 0 Å². The Balaban J connectivity index is 2.21. The summed E-state index contributed by atoms with van der Waals surface area (Å²) in [7, 11) is 0. The molecule has 0 bridgehead atoms. The fourth-order valence-corrected chi connectivity index (χ4v) is 4.92. The molecule has 1 heterocycles. The van der Waals surface area contributed by atoms with Crippen molar-refractivity contribution < 1.29 is 4.74 Å². The first-order chi connectivity index (χ1) is 6.74. The number of thiophene rings is 1. The van der Waals surface area contributed by atoms with Crippen LogP contribution in [0.5, 0.6) is 5.75 Å². The van der Waals surface area contributed by atoms with E-state index in [0.29, 0.717) is 0 Å². The Morgan fingerprint density at radius 1 is 1.29 bits per heavy atom. The molecule has 0 fully saturated rings. The van der Waals surface area contributed by atoms with Gasteiger partial charge in [0.1, 0.15) is 8.63 Å². The molecule has 0 N–H and O–H groups in total. The van der Waals surface area contributed by atoms with E-state index in [9.17, 15) is 0 Å². The Labute approximate surface area is 117 Å². The van der Waals surface area contributed by atoms with E-state index in [4.69, 9.17) is 4.74 Å². The molecule has 0 aliphatic rings. The van der Waals surface area contributed by atoms with Crippen LogP contribution in [0.2, 0.25) is 0 Å². The van der Waals surface area contributed by atoms with Crippen LogP contribution >= 0.6 is 56.5 Å². The molecule has 0 saturated carbocycles. The topological polar surface area (TPSA) is 9.23 Å². The minimum atomic E-state index is 0.864. The van der Waals surface area contributed by atoms with Crippen molar-refractivity contribution in [2.45, 2.75) is 32.6 Å². The maximum atomic E-state index is 5.70. The van der Waals surface area contributed by atoms with Crippen molar-refractivity contribution in [3.8, 4) is 5.75 Å². The van der Waals surface area contributed by atoms with E-state index in [1.54, 1.807) is 11.3 Å². The Morgan fingerprint density at radius 3 is 2.64 bits per heavy atom. The molecular formula is C10H14I2OS. The van der Waals surface area contributed by atoms with E-state index in [0.717, 1.165) is 12.4 Å². The van der Waals surface area contributed by atoms with Gasteiger partial charge in [0.2, 0.25) is 0 Å². The Bertz CT molecular complexity index is 273. The molecule has 0 amide bonds. The maximum Gasteiger partial charge on any atom is 0.144 e. The monoisotopic (exact) mass is 436 g/mol. The van der Waals surface area contributed by atoms with Crippen molar-refractivity contribution in [3.05, 3.63) is 11.8 Å². The number of unbranched alkanes of at least 4 members (excludes halogenated alkanes) is 3. The SMILES string of the molecule is CCCCCCOc1cc(I)sc1I. The normalized spacial score (nSPS) is 10.5. The lowest BCUT2D eigenvalue weighted by Crippen LogP contribution is -1.96. The average molecular weight is 436 g/mol. The van der Waals surface area contributed by atoms with Gasteiger partial charge >= 0.3 is 0 Å². The van der Waals surface area contributed by atoms with Gasteiger partial charge in [0.15, 0.2) is 0 Å². The fourth-order valence-electron chi connectivity index (χ4n) is 1.13. The largest absolute Gasteiger partial charge is 0.492 e. The van der Waals surface area contributed by atoms with Crippen LogP contribution in [0.15, 0.2) is 6.07 Å². The summed E-state index contributed by atoms with van der Waals surface area (Å²) >= 11 is 6.46. The highest BCUT2D eigenvalue weighted by Crippen LogP contribution is 2.31. The quantitative estimate of drug-likeness (QED) is 0.455. The highest BCUT2D eigenvalue weighted by molar-refractivity contribution is 14.1. The molecular weight excluding hydrogens is 422 g/mol. The van der Waals surface area contributed by atoms with Crippen LogP contribution in [0.1, 0.15) is 32.6 Å². The van der Waals surface area contributed by atoms with Gasteiger partial charge in [0.25, 0.3) is 0 Å². The number of halogens is 2. The molecule has 0 aliphatic heterocycles. The molecule has 1 aromatic rings. The molecule has 1 nitrogen and oxygen atoms in total. The van der Waals surface area contributed by atoms with E-state index in [-0.39, 0.29) is 0 Å². The molecule has 0 saturated heterocycles. The zero-order valence-corrected chi connectivity index (χ0v) is 13.3. The van der Waals surface area contributed by atoms with Gasteiger partial charge in [-0.3, -0.25) is 0 Å². The summed E-state index contributed by atoms with van der Waals surface area (Å²) in [5.41, 5.74) is 0. The smallest absolute Gasteiger partial charge is 0.144 e. The van der Waals surface area contributed by atoms with Gasteiger partial charge in [0, 0.05) is 6.07 Å². The van der Waals surface area contributed by atoms with Gasteiger partial charge in [-0.1, -0.05) is 26.2 Å². The van der Waals surface area contributed by atoms with Crippen molar-refractivity contribution in [1.82, 2.24) is 0 Å². The Hall–Kier alpha value is 0.960. The first-order valence-corrected chi connectivity index (χ1v) is 7.79. The van der Waals surface area contributed by atoms with Gasteiger partial charge in [-0.05, 0) is 51.6 Å². The van der Waals surface area contributed by atoms with Crippen molar-refractivity contribution in [3.63, 3.8) is 0 Å². The van der Waals surface area contributed by atoms with Crippen LogP contribution in [0, 0.1) is 5.77 Å². The molecule has 0 radical (unpaired) electrons. The molecule has 0 aliphatic carbocycles. The molecule has 0 unspecified atom stereocenters. The molecule has 0 atom stereocenters. The van der Waals surface area contributed by atoms with Crippen LogP contribution in [0.3, 0.4) is 0 Å². The summed E-state index contributed by atoms with van der Waals surface area (Å²) in [5, 5.41) is 0. The predicted molar refractivity (Wildman–Crippen MR) is 79.4 cm³/mol. The first-order valence-electron chi connectivity index (χ1n) is 4.81. The summed E-state index contributed by atoms with van der Waals surface area (Å²) in [5.74, 6) is 1.07. The zero-order chi connectivity index (χ0) is 10.4. The van der Waals surface area contributed by atoms with Crippen LogP contribution in [-0.4, -0.2) is 6.61 Å². The van der Waals surface area contributed by atoms with Gasteiger partial charge in [0.05, 0.1) is 9.49 Å². The van der Waals surface area contributed by atoms with Crippen molar-refractivity contribution in [2.24, 2.45) is 0 Å². The van der Waals surface area contributed by atoms with E-state index in [2.05, 4.69) is 58.2 Å². The Kier molecular flexibility index (Phi) is 6.76. The summed E-state index contributed by atoms with van der Waals surface area (Å²) in [4.78, 5) is 0. The van der Waals surface area contributed by atoms with Crippen LogP contribution < -0.4 is 4.74 Å². The third-order valence-corrected chi connectivity index (χ3v) is 4.74. The number of ether oxygens (including phenoxy) is 1. The summed E-state index contributed by atoms with van der Waals surface area (Å²) in [6, 6.07) is 2.12. The van der Waals surface area contributed by atoms with Gasteiger partial charge in [-0.15, -0.1) is 11.3 Å². The van der Waals surface area contributed by atoms with Gasteiger partial charge in [-0.25, -0.2) is 0 Å². The molecule has 14 heavy (non-hydrogen) atoms. The van der Waals surface area contributed by atoms with E-state index in [1.165, 1.54) is 31.5 Å². The summed E-state index contributed by atoms with van der Waals surface area (Å²) in [6.07, 6.45) is 5.07. The van der Waals surface area contributed by atoms with E-state index >= 15 is 0 Å². The van der Waals surface area contributed by atoms with Crippen LogP contribution in [-0.2, 0) is 0 Å². The fraction of sp³-hybridized carbons (Fsp3) is 0.600. The van der Waals surface area contributed by atoms with Crippen molar-refractivity contribution in [2.75, 3.05) is 6.61 Å². The Morgan fingerprint density at radius 2 is 2.07 bits per heavy atom. The standard InChI is InChI=1S/C10H14I2OS/c1-2-3-4-5-6-13-8-7-9(11)14-10(8)12/h7H,2-6H2,1H3. The summed E-state index contributed by atoms with van der Waals surface area (Å²) < 4.78 is 8.27. The second-order valence-electron chi connectivity index (χ2n) is 3.10. The molecule has 1 rings (SSSR count). The lowest BCUT2D eigenvalue weighted by atomic mass is 10.2. The second-order valence-corrected chi connectivity index (χ2v) is 7.85. The summed E-state index contributed by atoms with van der Waals surface area (Å²) in [6.45, 7) is 3.09. The lowest BCUT2D eigenvalue weighted by molar-refractivity contribution is 0.304. The number of hydrogen-bond acceptors (Lipinski definition) is 2.